The predicted molar refractivity (Wildman–Crippen MR) is 116 cm³/mol. The Morgan fingerprint density at radius 3 is 2.33 bits per heavy atom. The lowest BCUT2D eigenvalue weighted by Crippen LogP contribution is -2.14. The second-order valence-corrected chi connectivity index (χ2v) is 7.06. The fraction of sp³-hybridized carbons (Fsp3) is 0.250. The maximum atomic E-state index is 12.6. The Morgan fingerprint density at radius 1 is 1.00 bits per heavy atom. The standard InChI is InChI=1S/C24H26N2O4/c1-16(2)29-22-7-5-6-8-23(22)30-20-12-9-18(10-13-20)26-24(27)21-14-11-19(15-28-4)25-17(21)3/h5-14,16H,15H2,1-4H3,(H,26,27). The van der Waals surface area contributed by atoms with Crippen LogP contribution < -0.4 is 14.8 Å². The SMILES string of the molecule is COCc1ccc(C(=O)Nc2ccc(Oc3ccccc3OC(C)C)cc2)c(C)n1. The number of carbonyl (C=O) groups excluding carboxylic acids is 1. The van der Waals surface area contributed by atoms with Crippen LogP contribution in [0.15, 0.2) is 60.7 Å². The van der Waals surface area contributed by atoms with Gasteiger partial charge in [-0.05, 0) is 69.3 Å². The van der Waals surface area contributed by atoms with Crippen molar-refractivity contribution in [3.8, 4) is 17.2 Å². The van der Waals surface area contributed by atoms with Crippen LogP contribution in [0, 0.1) is 6.92 Å². The zero-order valence-electron chi connectivity index (χ0n) is 17.6. The van der Waals surface area contributed by atoms with Gasteiger partial charge in [-0.3, -0.25) is 9.78 Å². The van der Waals surface area contributed by atoms with E-state index in [9.17, 15) is 4.79 Å². The molecule has 0 saturated heterocycles. The number of aryl methyl sites for hydroxylation is 1. The molecular weight excluding hydrogens is 380 g/mol. The molecule has 0 bridgehead atoms. The van der Waals surface area contributed by atoms with Crippen LogP contribution in [0.25, 0.3) is 0 Å². The summed E-state index contributed by atoms with van der Waals surface area (Å²) in [6.45, 7) is 6.16. The maximum absolute atomic E-state index is 12.6. The van der Waals surface area contributed by atoms with Gasteiger partial charge in [0.15, 0.2) is 11.5 Å². The first kappa shape index (κ1) is 21.3. The third-order valence-corrected chi connectivity index (χ3v) is 4.23. The molecule has 156 valence electrons. The minimum absolute atomic E-state index is 0.0499. The van der Waals surface area contributed by atoms with E-state index in [4.69, 9.17) is 14.2 Å². The average Bonchev–Trinajstić information content (AvgIpc) is 2.71. The summed E-state index contributed by atoms with van der Waals surface area (Å²) in [5.41, 5.74) is 2.63. The lowest BCUT2D eigenvalue weighted by atomic mass is 10.1. The summed E-state index contributed by atoms with van der Waals surface area (Å²) in [5.74, 6) is 1.76. The van der Waals surface area contributed by atoms with Crippen molar-refractivity contribution in [3.05, 3.63) is 77.6 Å². The topological polar surface area (TPSA) is 69.7 Å². The number of rotatable bonds is 8. The molecule has 0 spiro atoms. The van der Waals surface area contributed by atoms with Gasteiger partial charge in [0.25, 0.3) is 5.91 Å². The van der Waals surface area contributed by atoms with Crippen LogP contribution in [0.4, 0.5) is 5.69 Å². The van der Waals surface area contributed by atoms with Crippen molar-refractivity contribution >= 4 is 11.6 Å². The monoisotopic (exact) mass is 406 g/mol. The number of hydrogen-bond acceptors (Lipinski definition) is 5. The summed E-state index contributed by atoms with van der Waals surface area (Å²) >= 11 is 0. The molecule has 30 heavy (non-hydrogen) atoms. The average molecular weight is 406 g/mol. The molecule has 0 saturated carbocycles. The molecule has 6 heteroatoms. The number of pyridine rings is 1. The number of ether oxygens (including phenoxy) is 3. The Labute approximate surface area is 176 Å². The van der Waals surface area contributed by atoms with E-state index in [1.54, 1.807) is 43.5 Å². The molecule has 0 aliphatic carbocycles. The van der Waals surface area contributed by atoms with Crippen LogP contribution >= 0.6 is 0 Å². The predicted octanol–water partition coefficient (Wildman–Crippen LogP) is 5.37. The highest BCUT2D eigenvalue weighted by Gasteiger charge is 2.12. The van der Waals surface area contributed by atoms with E-state index in [2.05, 4.69) is 10.3 Å². The molecule has 3 rings (SSSR count). The van der Waals surface area contributed by atoms with E-state index in [-0.39, 0.29) is 12.0 Å². The van der Waals surface area contributed by atoms with E-state index in [0.717, 1.165) is 5.69 Å². The second kappa shape index (κ2) is 9.89. The van der Waals surface area contributed by atoms with Crippen molar-refractivity contribution in [2.45, 2.75) is 33.5 Å². The zero-order valence-corrected chi connectivity index (χ0v) is 17.6. The van der Waals surface area contributed by atoms with Gasteiger partial charge in [0.1, 0.15) is 5.75 Å². The molecule has 1 N–H and O–H groups in total. The molecule has 0 unspecified atom stereocenters. The summed E-state index contributed by atoms with van der Waals surface area (Å²) < 4.78 is 16.8. The highest BCUT2D eigenvalue weighted by atomic mass is 16.5. The summed E-state index contributed by atoms with van der Waals surface area (Å²) in [6.07, 6.45) is 0.0499. The van der Waals surface area contributed by atoms with Gasteiger partial charge in [0, 0.05) is 12.8 Å². The Kier molecular flexibility index (Phi) is 7.03. The minimum atomic E-state index is -0.215. The lowest BCUT2D eigenvalue weighted by molar-refractivity contribution is 0.102. The summed E-state index contributed by atoms with van der Waals surface area (Å²) in [6, 6.07) is 18.3. The number of carbonyl (C=O) groups is 1. The van der Waals surface area contributed by atoms with Crippen molar-refractivity contribution in [3.63, 3.8) is 0 Å². The molecule has 0 atom stereocenters. The quantitative estimate of drug-likeness (QED) is 0.545. The van der Waals surface area contributed by atoms with E-state index in [1.165, 1.54) is 0 Å². The lowest BCUT2D eigenvalue weighted by Gasteiger charge is -2.15. The van der Waals surface area contributed by atoms with Crippen LogP contribution in [-0.2, 0) is 11.3 Å². The smallest absolute Gasteiger partial charge is 0.257 e. The van der Waals surface area contributed by atoms with Crippen LogP contribution in [-0.4, -0.2) is 24.1 Å². The number of anilines is 1. The van der Waals surface area contributed by atoms with Gasteiger partial charge in [0.05, 0.1) is 29.7 Å². The van der Waals surface area contributed by atoms with Gasteiger partial charge in [-0.25, -0.2) is 0 Å². The molecule has 1 amide bonds. The Balaban J connectivity index is 1.67. The van der Waals surface area contributed by atoms with E-state index < -0.39 is 0 Å². The first-order valence-corrected chi connectivity index (χ1v) is 9.76. The molecule has 0 radical (unpaired) electrons. The maximum Gasteiger partial charge on any atom is 0.257 e. The normalized spacial score (nSPS) is 10.7. The van der Waals surface area contributed by atoms with Crippen LogP contribution in [0.2, 0.25) is 0 Å². The molecular formula is C24H26N2O4. The van der Waals surface area contributed by atoms with Gasteiger partial charge in [-0.2, -0.15) is 0 Å². The number of nitrogens with zero attached hydrogens (tertiary/aromatic N) is 1. The van der Waals surface area contributed by atoms with Crippen LogP contribution in [0.3, 0.4) is 0 Å². The number of para-hydroxylation sites is 2. The van der Waals surface area contributed by atoms with Gasteiger partial charge >= 0.3 is 0 Å². The number of nitrogens with one attached hydrogen (secondary N) is 1. The molecule has 3 aromatic rings. The van der Waals surface area contributed by atoms with Crippen LogP contribution in [0.1, 0.15) is 35.6 Å². The fourth-order valence-electron chi connectivity index (χ4n) is 2.90. The summed E-state index contributed by atoms with van der Waals surface area (Å²) in [4.78, 5) is 17.0. The van der Waals surface area contributed by atoms with E-state index in [0.29, 0.717) is 40.8 Å². The molecule has 0 fully saturated rings. The Morgan fingerprint density at radius 2 is 1.70 bits per heavy atom. The molecule has 0 aliphatic heterocycles. The van der Waals surface area contributed by atoms with Gasteiger partial charge < -0.3 is 19.5 Å². The van der Waals surface area contributed by atoms with E-state index in [1.807, 2.05) is 45.0 Å². The zero-order chi connectivity index (χ0) is 21.5. The molecule has 0 aliphatic rings. The largest absolute Gasteiger partial charge is 0.487 e. The first-order valence-electron chi connectivity index (χ1n) is 9.76. The first-order chi connectivity index (χ1) is 14.5. The molecule has 6 nitrogen and oxygen atoms in total. The van der Waals surface area contributed by atoms with E-state index >= 15 is 0 Å². The highest BCUT2D eigenvalue weighted by molar-refractivity contribution is 6.05. The van der Waals surface area contributed by atoms with Gasteiger partial charge in [0.2, 0.25) is 0 Å². The third kappa shape index (κ3) is 5.58. The number of benzene rings is 2. The van der Waals surface area contributed by atoms with Crippen molar-refractivity contribution in [2.24, 2.45) is 0 Å². The van der Waals surface area contributed by atoms with Crippen molar-refractivity contribution in [1.82, 2.24) is 4.98 Å². The van der Waals surface area contributed by atoms with Crippen molar-refractivity contribution in [2.75, 3.05) is 12.4 Å². The molecule has 1 heterocycles. The second-order valence-electron chi connectivity index (χ2n) is 7.06. The Bertz CT molecular complexity index is 1000. The summed E-state index contributed by atoms with van der Waals surface area (Å²) in [7, 11) is 1.61. The third-order valence-electron chi connectivity index (χ3n) is 4.23. The number of methoxy groups -OCH3 is 1. The van der Waals surface area contributed by atoms with Gasteiger partial charge in [-0.1, -0.05) is 12.1 Å². The fourth-order valence-corrected chi connectivity index (χ4v) is 2.90. The highest BCUT2D eigenvalue weighted by Crippen LogP contribution is 2.32. The number of aromatic nitrogens is 1. The minimum Gasteiger partial charge on any atom is -0.487 e. The van der Waals surface area contributed by atoms with Crippen LogP contribution in [0.5, 0.6) is 17.2 Å². The van der Waals surface area contributed by atoms with Gasteiger partial charge in [-0.15, -0.1) is 0 Å². The Hall–Kier alpha value is -3.38. The molecule has 1 aromatic heterocycles. The van der Waals surface area contributed by atoms with Crippen molar-refractivity contribution in [1.29, 1.82) is 0 Å². The number of amides is 1. The van der Waals surface area contributed by atoms with Crippen molar-refractivity contribution < 1.29 is 19.0 Å². The number of hydrogen-bond donors (Lipinski definition) is 1. The molecule has 2 aromatic carbocycles. The summed E-state index contributed by atoms with van der Waals surface area (Å²) in [5, 5.41) is 2.89.